The highest BCUT2D eigenvalue weighted by molar-refractivity contribution is 5.38. The second-order valence-electron chi connectivity index (χ2n) is 3.30. The average Bonchev–Trinajstić information content (AvgIpc) is 2.17. The fourth-order valence-electron chi connectivity index (χ4n) is 1.46. The topological polar surface area (TPSA) is 70.0 Å². The van der Waals surface area contributed by atoms with Crippen LogP contribution >= 0.6 is 0 Å². The molecular weight excluding hydrogens is 176 g/mol. The molecule has 1 aromatic carbocycles. The molecular formula is C11H14N2O. The summed E-state index contributed by atoms with van der Waals surface area (Å²) in [5.41, 5.74) is 8.50. The second-order valence-corrected chi connectivity index (χ2v) is 3.30. The average molecular weight is 190 g/mol. The lowest BCUT2D eigenvalue weighted by Crippen LogP contribution is -2.13. The van der Waals surface area contributed by atoms with Crippen LogP contribution in [-0.4, -0.2) is 11.7 Å². The molecule has 3 N–H and O–H groups in total. The first-order valence-electron chi connectivity index (χ1n) is 4.56. The van der Waals surface area contributed by atoms with Crippen molar-refractivity contribution in [2.45, 2.75) is 19.4 Å². The minimum absolute atomic E-state index is 0.0839. The zero-order valence-electron chi connectivity index (χ0n) is 8.20. The highest BCUT2D eigenvalue weighted by atomic mass is 16.3. The number of benzene rings is 1. The first-order valence-corrected chi connectivity index (χ1v) is 4.56. The number of aliphatic hydroxyl groups excluding tert-OH is 1. The van der Waals surface area contributed by atoms with E-state index in [0.29, 0.717) is 12.0 Å². The SMILES string of the molecule is Cc1cc(C#N)ccc1[C@@H](N)CCO. The minimum Gasteiger partial charge on any atom is -0.396 e. The van der Waals surface area contributed by atoms with Crippen molar-refractivity contribution in [2.24, 2.45) is 5.73 Å². The number of nitrogens with two attached hydrogens (primary N) is 1. The number of aryl methyl sites for hydroxylation is 1. The van der Waals surface area contributed by atoms with E-state index in [1.54, 1.807) is 6.07 Å². The number of hydrogen-bond acceptors (Lipinski definition) is 3. The molecule has 3 nitrogen and oxygen atoms in total. The first-order chi connectivity index (χ1) is 6.69. The zero-order chi connectivity index (χ0) is 10.6. The third-order valence-electron chi connectivity index (χ3n) is 2.24. The molecule has 0 aliphatic carbocycles. The summed E-state index contributed by atoms with van der Waals surface area (Å²) in [7, 11) is 0. The smallest absolute Gasteiger partial charge is 0.0991 e. The van der Waals surface area contributed by atoms with E-state index in [1.165, 1.54) is 0 Å². The van der Waals surface area contributed by atoms with Gasteiger partial charge in [-0.2, -0.15) is 5.26 Å². The van der Waals surface area contributed by atoms with Gasteiger partial charge in [0.15, 0.2) is 0 Å². The van der Waals surface area contributed by atoms with Gasteiger partial charge in [0.25, 0.3) is 0 Å². The Morgan fingerprint density at radius 1 is 1.57 bits per heavy atom. The molecule has 0 unspecified atom stereocenters. The molecule has 14 heavy (non-hydrogen) atoms. The van der Waals surface area contributed by atoms with Crippen molar-refractivity contribution in [1.29, 1.82) is 5.26 Å². The van der Waals surface area contributed by atoms with E-state index >= 15 is 0 Å². The summed E-state index contributed by atoms with van der Waals surface area (Å²) in [5, 5.41) is 17.4. The maximum atomic E-state index is 8.76. The van der Waals surface area contributed by atoms with Gasteiger partial charge in [-0.25, -0.2) is 0 Å². The molecule has 0 aromatic heterocycles. The molecule has 0 radical (unpaired) electrons. The summed E-state index contributed by atoms with van der Waals surface area (Å²) >= 11 is 0. The number of nitrogens with zero attached hydrogens (tertiary/aromatic N) is 1. The summed E-state index contributed by atoms with van der Waals surface area (Å²) in [4.78, 5) is 0. The Bertz CT molecular complexity index is 355. The molecule has 1 aromatic rings. The van der Waals surface area contributed by atoms with Crippen molar-refractivity contribution >= 4 is 0 Å². The van der Waals surface area contributed by atoms with E-state index in [0.717, 1.165) is 11.1 Å². The van der Waals surface area contributed by atoms with Crippen molar-refractivity contribution in [1.82, 2.24) is 0 Å². The van der Waals surface area contributed by atoms with Crippen LogP contribution in [0, 0.1) is 18.3 Å². The van der Waals surface area contributed by atoms with E-state index in [1.807, 2.05) is 19.1 Å². The summed E-state index contributed by atoms with van der Waals surface area (Å²) in [6.45, 7) is 2.01. The lowest BCUT2D eigenvalue weighted by Gasteiger charge is -2.13. The summed E-state index contributed by atoms with van der Waals surface area (Å²) in [6, 6.07) is 7.35. The van der Waals surface area contributed by atoms with Crippen molar-refractivity contribution in [3.05, 3.63) is 34.9 Å². The van der Waals surface area contributed by atoms with Gasteiger partial charge in [0.1, 0.15) is 0 Å². The number of rotatable bonds is 3. The number of nitriles is 1. The monoisotopic (exact) mass is 190 g/mol. The molecule has 3 heteroatoms. The van der Waals surface area contributed by atoms with Gasteiger partial charge < -0.3 is 10.8 Å². The van der Waals surface area contributed by atoms with E-state index in [-0.39, 0.29) is 12.6 Å². The van der Waals surface area contributed by atoms with Crippen LogP contribution in [0.5, 0.6) is 0 Å². The van der Waals surface area contributed by atoms with Crippen molar-refractivity contribution < 1.29 is 5.11 Å². The molecule has 0 heterocycles. The summed E-state index contributed by atoms with van der Waals surface area (Å²) in [5.74, 6) is 0. The Balaban J connectivity index is 2.95. The van der Waals surface area contributed by atoms with Gasteiger partial charge in [0.05, 0.1) is 11.6 Å². The largest absolute Gasteiger partial charge is 0.396 e. The van der Waals surface area contributed by atoms with Gasteiger partial charge in [-0.15, -0.1) is 0 Å². The van der Waals surface area contributed by atoms with Gasteiger partial charge in [-0.3, -0.25) is 0 Å². The highest BCUT2D eigenvalue weighted by Gasteiger charge is 2.08. The van der Waals surface area contributed by atoms with Gasteiger partial charge >= 0.3 is 0 Å². The normalized spacial score (nSPS) is 12.1. The molecule has 0 amide bonds. The molecule has 0 aliphatic rings. The van der Waals surface area contributed by atoms with E-state index in [2.05, 4.69) is 6.07 Å². The molecule has 0 saturated carbocycles. The maximum Gasteiger partial charge on any atom is 0.0991 e. The number of hydrogen-bond donors (Lipinski definition) is 2. The van der Waals surface area contributed by atoms with Gasteiger partial charge in [-0.05, 0) is 36.6 Å². The molecule has 0 aliphatic heterocycles. The molecule has 0 fully saturated rings. The van der Waals surface area contributed by atoms with Crippen LogP contribution in [0.4, 0.5) is 0 Å². The van der Waals surface area contributed by atoms with Crippen molar-refractivity contribution in [3.8, 4) is 6.07 Å². The third kappa shape index (κ3) is 2.32. The molecule has 0 bridgehead atoms. The van der Waals surface area contributed by atoms with Crippen LogP contribution in [0.25, 0.3) is 0 Å². The van der Waals surface area contributed by atoms with Gasteiger partial charge in [0.2, 0.25) is 0 Å². The predicted molar refractivity (Wildman–Crippen MR) is 54.5 cm³/mol. The van der Waals surface area contributed by atoms with Crippen LogP contribution in [0.3, 0.4) is 0 Å². The maximum absolute atomic E-state index is 8.76. The summed E-state index contributed by atoms with van der Waals surface area (Å²) in [6.07, 6.45) is 0.548. The second kappa shape index (κ2) is 4.75. The molecule has 1 rings (SSSR count). The van der Waals surface area contributed by atoms with Gasteiger partial charge in [0, 0.05) is 12.6 Å². The standard InChI is InChI=1S/C11H14N2O/c1-8-6-9(7-12)2-3-10(8)11(13)4-5-14/h2-3,6,11,14H,4-5,13H2,1H3/t11-/m0/s1. The van der Waals surface area contributed by atoms with Crippen LogP contribution < -0.4 is 5.73 Å². The quantitative estimate of drug-likeness (QED) is 0.753. The molecule has 0 saturated heterocycles. The predicted octanol–water partition coefficient (Wildman–Crippen LogP) is 1.25. The Morgan fingerprint density at radius 3 is 2.79 bits per heavy atom. The molecule has 1 atom stereocenters. The Morgan fingerprint density at radius 2 is 2.29 bits per heavy atom. The molecule has 0 spiro atoms. The lowest BCUT2D eigenvalue weighted by molar-refractivity contribution is 0.276. The van der Waals surface area contributed by atoms with Crippen molar-refractivity contribution in [2.75, 3.05) is 6.61 Å². The number of aliphatic hydroxyl groups is 1. The fraction of sp³-hybridized carbons (Fsp3) is 0.364. The fourth-order valence-corrected chi connectivity index (χ4v) is 1.46. The Labute approximate surface area is 83.8 Å². The van der Waals surface area contributed by atoms with Crippen LogP contribution in [0.1, 0.15) is 29.2 Å². The van der Waals surface area contributed by atoms with Crippen molar-refractivity contribution in [3.63, 3.8) is 0 Å². The zero-order valence-corrected chi connectivity index (χ0v) is 8.20. The van der Waals surface area contributed by atoms with E-state index < -0.39 is 0 Å². The third-order valence-corrected chi connectivity index (χ3v) is 2.24. The molecule has 74 valence electrons. The van der Waals surface area contributed by atoms with Gasteiger partial charge in [-0.1, -0.05) is 6.07 Å². The van der Waals surface area contributed by atoms with E-state index in [4.69, 9.17) is 16.1 Å². The Kier molecular flexibility index (Phi) is 3.63. The van der Waals surface area contributed by atoms with Crippen LogP contribution in [0.15, 0.2) is 18.2 Å². The summed E-state index contributed by atoms with van der Waals surface area (Å²) < 4.78 is 0. The lowest BCUT2D eigenvalue weighted by atomic mass is 9.98. The minimum atomic E-state index is -0.146. The highest BCUT2D eigenvalue weighted by Crippen LogP contribution is 2.19. The van der Waals surface area contributed by atoms with Crippen LogP contribution in [0.2, 0.25) is 0 Å². The van der Waals surface area contributed by atoms with E-state index in [9.17, 15) is 0 Å². The first kappa shape index (κ1) is 10.7. The van der Waals surface area contributed by atoms with Crippen LogP contribution in [-0.2, 0) is 0 Å². The Hall–Kier alpha value is -1.37.